The van der Waals surface area contributed by atoms with Crippen LogP contribution < -0.4 is 10.6 Å². The predicted octanol–water partition coefficient (Wildman–Crippen LogP) is 3.05. The summed E-state index contributed by atoms with van der Waals surface area (Å²) < 4.78 is 0. The van der Waals surface area contributed by atoms with Gasteiger partial charge in [0, 0.05) is 17.9 Å². The molecule has 19 heavy (non-hydrogen) atoms. The summed E-state index contributed by atoms with van der Waals surface area (Å²) in [6.45, 7) is 1.05. The molecule has 0 saturated heterocycles. The molecular weight excluding hydrogens is 236 g/mol. The number of anilines is 3. The summed E-state index contributed by atoms with van der Waals surface area (Å²) in [5.41, 5.74) is 3.97. The molecule has 1 aliphatic rings. The van der Waals surface area contributed by atoms with E-state index in [2.05, 4.69) is 27.8 Å². The third-order valence-corrected chi connectivity index (χ3v) is 3.18. The van der Waals surface area contributed by atoms with E-state index in [1.807, 2.05) is 24.3 Å². The van der Waals surface area contributed by atoms with Gasteiger partial charge in [-0.1, -0.05) is 6.07 Å². The highest BCUT2D eigenvalue weighted by Gasteiger charge is 2.08. The van der Waals surface area contributed by atoms with E-state index in [9.17, 15) is 0 Å². The molecule has 1 aromatic carbocycles. The first-order valence-electron chi connectivity index (χ1n) is 6.36. The SMILES string of the molecule is N#Cc1cccc(Nc2ccc3c(c2)CCCN3)n1. The molecule has 0 aliphatic carbocycles. The van der Waals surface area contributed by atoms with Crippen molar-refractivity contribution in [2.75, 3.05) is 17.2 Å². The quantitative estimate of drug-likeness (QED) is 0.860. The van der Waals surface area contributed by atoms with E-state index < -0.39 is 0 Å². The van der Waals surface area contributed by atoms with Gasteiger partial charge in [-0.3, -0.25) is 0 Å². The normalized spacial score (nSPS) is 13.0. The van der Waals surface area contributed by atoms with Gasteiger partial charge in [-0.05, 0) is 48.7 Å². The first-order chi connectivity index (χ1) is 9.35. The van der Waals surface area contributed by atoms with Crippen LogP contribution in [0, 0.1) is 11.3 Å². The van der Waals surface area contributed by atoms with E-state index in [-0.39, 0.29) is 0 Å². The first kappa shape index (κ1) is 11.5. The molecule has 0 amide bonds. The van der Waals surface area contributed by atoms with Crippen LogP contribution in [0.15, 0.2) is 36.4 Å². The number of rotatable bonds is 2. The van der Waals surface area contributed by atoms with Gasteiger partial charge in [0.2, 0.25) is 0 Å². The van der Waals surface area contributed by atoms with Crippen molar-refractivity contribution < 1.29 is 0 Å². The van der Waals surface area contributed by atoms with E-state index in [1.54, 1.807) is 6.07 Å². The molecule has 1 aromatic heterocycles. The molecule has 3 rings (SSSR count). The van der Waals surface area contributed by atoms with Crippen LogP contribution in [0.1, 0.15) is 17.7 Å². The topological polar surface area (TPSA) is 60.7 Å². The average Bonchev–Trinajstić information content (AvgIpc) is 2.47. The second-order valence-electron chi connectivity index (χ2n) is 4.55. The van der Waals surface area contributed by atoms with Crippen molar-refractivity contribution in [1.82, 2.24) is 4.98 Å². The van der Waals surface area contributed by atoms with Crippen molar-refractivity contribution in [3.8, 4) is 6.07 Å². The van der Waals surface area contributed by atoms with Crippen molar-refractivity contribution in [3.63, 3.8) is 0 Å². The van der Waals surface area contributed by atoms with E-state index in [4.69, 9.17) is 5.26 Å². The maximum atomic E-state index is 8.84. The summed E-state index contributed by atoms with van der Waals surface area (Å²) in [6, 6.07) is 13.7. The van der Waals surface area contributed by atoms with Crippen molar-refractivity contribution in [2.24, 2.45) is 0 Å². The molecular formula is C15H14N4. The molecule has 0 bridgehead atoms. The second-order valence-corrected chi connectivity index (χ2v) is 4.55. The van der Waals surface area contributed by atoms with Gasteiger partial charge >= 0.3 is 0 Å². The molecule has 1 aliphatic heterocycles. The molecule has 0 spiro atoms. The highest BCUT2D eigenvalue weighted by Crippen LogP contribution is 2.26. The van der Waals surface area contributed by atoms with Gasteiger partial charge in [0.25, 0.3) is 0 Å². The monoisotopic (exact) mass is 250 g/mol. The van der Waals surface area contributed by atoms with Gasteiger partial charge < -0.3 is 10.6 Å². The van der Waals surface area contributed by atoms with Gasteiger partial charge in [-0.25, -0.2) is 4.98 Å². The Balaban J connectivity index is 1.85. The zero-order valence-corrected chi connectivity index (χ0v) is 10.5. The van der Waals surface area contributed by atoms with Gasteiger partial charge in [0.15, 0.2) is 0 Å². The fourth-order valence-electron chi connectivity index (χ4n) is 2.27. The molecule has 0 fully saturated rings. The van der Waals surface area contributed by atoms with E-state index in [0.717, 1.165) is 18.7 Å². The molecule has 2 heterocycles. The molecule has 94 valence electrons. The molecule has 2 aromatic rings. The standard InChI is InChI=1S/C15H14N4/c16-10-13-4-1-5-15(19-13)18-12-6-7-14-11(9-12)3-2-8-17-14/h1,4-7,9,17H,2-3,8H2,(H,18,19). The number of nitrogens with zero attached hydrogens (tertiary/aromatic N) is 2. The Morgan fingerprint density at radius 3 is 3.11 bits per heavy atom. The summed E-state index contributed by atoms with van der Waals surface area (Å²) in [5.74, 6) is 0.697. The molecule has 4 heteroatoms. The van der Waals surface area contributed by atoms with Crippen LogP contribution in [0.4, 0.5) is 17.2 Å². The van der Waals surface area contributed by atoms with E-state index >= 15 is 0 Å². The number of nitriles is 1. The van der Waals surface area contributed by atoms with Crippen molar-refractivity contribution >= 4 is 17.2 Å². The van der Waals surface area contributed by atoms with Crippen LogP contribution >= 0.6 is 0 Å². The first-order valence-corrected chi connectivity index (χ1v) is 6.36. The van der Waals surface area contributed by atoms with Gasteiger partial charge in [-0.2, -0.15) is 5.26 Å². The molecule has 0 saturated carbocycles. The Morgan fingerprint density at radius 1 is 1.26 bits per heavy atom. The second kappa shape index (κ2) is 4.99. The minimum Gasteiger partial charge on any atom is -0.385 e. The summed E-state index contributed by atoms with van der Waals surface area (Å²) in [4.78, 5) is 4.21. The lowest BCUT2D eigenvalue weighted by molar-refractivity contribution is 0.830. The fourth-order valence-corrected chi connectivity index (χ4v) is 2.27. The summed E-state index contributed by atoms with van der Waals surface area (Å²) in [7, 11) is 0. The lowest BCUT2D eigenvalue weighted by atomic mass is 10.0. The summed E-state index contributed by atoms with van der Waals surface area (Å²) in [5, 5.41) is 15.5. The minimum atomic E-state index is 0.421. The fraction of sp³-hybridized carbons (Fsp3) is 0.200. The van der Waals surface area contributed by atoms with Gasteiger partial charge in [-0.15, -0.1) is 0 Å². The number of aryl methyl sites for hydroxylation is 1. The van der Waals surface area contributed by atoms with Crippen LogP contribution in [0.3, 0.4) is 0 Å². The number of aromatic nitrogens is 1. The lowest BCUT2D eigenvalue weighted by Crippen LogP contribution is -2.11. The largest absolute Gasteiger partial charge is 0.385 e. The predicted molar refractivity (Wildman–Crippen MR) is 75.5 cm³/mol. The lowest BCUT2D eigenvalue weighted by Gasteiger charge is -2.19. The van der Waals surface area contributed by atoms with Crippen LogP contribution in [0.25, 0.3) is 0 Å². The Morgan fingerprint density at radius 2 is 2.21 bits per heavy atom. The molecule has 0 unspecified atom stereocenters. The van der Waals surface area contributed by atoms with Crippen molar-refractivity contribution in [3.05, 3.63) is 47.7 Å². The Hall–Kier alpha value is -2.54. The third-order valence-electron chi connectivity index (χ3n) is 3.18. The zero-order valence-electron chi connectivity index (χ0n) is 10.5. The van der Waals surface area contributed by atoms with Crippen LogP contribution in [-0.4, -0.2) is 11.5 Å². The average molecular weight is 250 g/mol. The van der Waals surface area contributed by atoms with Crippen molar-refractivity contribution in [2.45, 2.75) is 12.8 Å². The summed E-state index contributed by atoms with van der Waals surface area (Å²) >= 11 is 0. The summed E-state index contributed by atoms with van der Waals surface area (Å²) in [6.07, 6.45) is 2.27. The van der Waals surface area contributed by atoms with E-state index in [1.165, 1.54) is 17.7 Å². The number of nitrogens with one attached hydrogen (secondary N) is 2. The van der Waals surface area contributed by atoms with Gasteiger partial charge in [0.05, 0.1) is 0 Å². The number of pyridine rings is 1. The highest BCUT2D eigenvalue weighted by molar-refractivity contribution is 5.64. The number of hydrogen-bond acceptors (Lipinski definition) is 4. The van der Waals surface area contributed by atoms with Gasteiger partial charge in [0.1, 0.15) is 17.6 Å². The molecule has 2 N–H and O–H groups in total. The minimum absolute atomic E-state index is 0.421. The zero-order chi connectivity index (χ0) is 13.1. The highest BCUT2D eigenvalue weighted by atomic mass is 15.0. The Bertz CT molecular complexity index is 643. The number of hydrogen-bond donors (Lipinski definition) is 2. The smallest absolute Gasteiger partial charge is 0.142 e. The maximum absolute atomic E-state index is 8.84. The third kappa shape index (κ3) is 2.50. The van der Waals surface area contributed by atoms with Crippen molar-refractivity contribution in [1.29, 1.82) is 5.26 Å². The molecule has 4 nitrogen and oxygen atoms in total. The molecule has 0 atom stereocenters. The molecule has 0 radical (unpaired) electrons. The Labute approximate surface area is 112 Å². The van der Waals surface area contributed by atoms with Crippen LogP contribution in [-0.2, 0) is 6.42 Å². The Kier molecular flexibility index (Phi) is 3.03. The number of benzene rings is 1. The maximum Gasteiger partial charge on any atom is 0.142 e. The number of fused-ring (bicyclic) bond motifs is 1. The van der Waals surface area contributed by atoms with Crippen LogP contribution in [0.2, 0.25) is 0 Å². The van der Waals surface area contributed by atoms with E-state index in [0.29, 0.717) is 11.5 Å². The van der Waals surface area contributed by atoms with Crippen LogP contribution in [0.5, 0.6) is 0 Å².